The van der Waals surface area contributed by atoms with E-state index in [2.05, 4.69) is 41.0 Å². The molecule has 0 spiro atoms. The summed E-state index contributed by atoms with van der Waals surface area (Å²) in [6, 6.07) is 7.55. The van der Waals surface area contributed by atoms with Gasteiger partial charge in [0.1, 0.15) is 12.2 Å². The van der Waals surface area contributed by atoms with E-state index in [9.17, 15) is 27.6 Å². The first-order valence-corrected chi connectivity index (χ1v) is 13.0. The molecule has 0 atom stereocenters. The Morgan fingerprint density at radius 1 is 1.17 bits per heavy atom. The summed E-state index contributed by atoms with van der Waals surface area (Å²) >= 11 is 8.29. The smallest absolute Gasteiger partial charge is 0.452 e. The predicted molar refractivity (Wildman–Crippen MR) is 148 cm³/mol. The summed E-state index contributed by atoms with van der Waals surface area (Å²) in [5.74, 6) is -2.88. The van der Waals surface area contributed by atoms with E-state index in [4.69, 9.17) is 11.6 Å². The van der Waals surface area contributed by atoms with Crippen molar-refractivity contribution in [3.05, 3.63) is 73.5 Å². The van der Waals surface area contributed by atoms with Gasteiger partial charge in [-0.15, -0.1) is 10.2 Å². The number of methoxy groups -OCH3 is 1. The van der Waals surface area contributed by atoms with E-state index >= 15 is 0 Å². The topological polar surface area (TPSA) is 162 Å². The second kappa shape index (κ2) is 12.3. The number of nitrogens with zero attached hydrogens (tertiary/aromatic N) is 8. The number of carbonyl (C=O) groups is 3. The van der Waals surface area contributed by atoms with Crippen molar-refractivity contribution >= 4 is 57.8 Å². The van der Waals surface area contributed by atoms with E-state index in [1.807, 2.05) is 22.6 Å². The molecule has 0 unspecified atom stereocenters. The fourth-order valence-electron chi connectivity index (χ4n) is 3.59. The summed E-state index contributed by atoms with van der Waals surface area (Å²) in [5.41, 5.74) is 2.96. The van der Waals surface area contributed by atoms with Gasteiger partial charge in [0.15, 0.2) is 5.82 Å². The second-order valence-corrected chi connectivity index (χ2v) is 10.1. The molecule has 1 aromatic carbocycles. The predicted octanol–water partition coefficient (Wildman–Crippen LogP) is 3.48. The molecule has 4 aromatic rings. The number of anilines is 1. The molecule has 19 heteroatoms. The lowest BCUT2D eigenvalue weighted by Crippen LogP contribution is -2.43. The molecule has 0 radical (unpaired) electrons. The molecule has 3 aromatic heterocycles. The summed E-state index contributed by atoms with van der Waals surface area (Å²) in [4.78, 5) is 43.3. The Hall–Kier alpha value is -4.33. The van der Waals surface area contributed by atoms with Crippen LogP contribution in [0.15, 0.2) is 36.5 Å². The molecular formula is C23H19ClF3IN10O4. The lowest BCUT2D eigenvalue weighted by Gasteiger charge is -2.19. The van der Waals surface area contributed by atoms with Crippen molar-refractivity contribution in [2.45, 2.75) is 19.6 Å². The molecule has 0 aliphatic heterocycles. The molecule has 3 heterocycles. The number of halogens is 5. The van der Waals surface area contributed by atoms with E-state index in [1.165, 1.54) is 31.4 Å². The molecule has 42 heavy (non-hydrogen) atoms. The number of nitrogens with one attached hydrogen (secondary N) is 2. The summed E-state index contributed by atoms with van der Waals surface area (Å²) in [7, 11) is 2.42. The largest absolute Gasteiger partial charge is 0.455 e. The van der Waals surface area contributed by atoms with Crippen molar-refractivity contribution in [2.24, 2.45) is 0 Å². The number of tetrazole rings is 1. The maximum Gasteiger partial charge on any atom is 0.455 e. The van der Waals surface area contributed by atoms with Gasteiger partial charge in [-0.05, 0) is 70.6 Å². The maximum atomic E-state index is 13.6. The van der Waals surface area contributed by atoms with Gasteiger partial charge >= 0.3 is 12.3 Å². The summed E-state index contributed by atoms with van der Waals surface area (Å²) < 4.78 is 45.1. The standard InChI is InChI=1S/C23H19ClF3IN10O4/c1-11-7-12(28)8-14(19(39)33-36(2)22(41)42-3)17(11)30-20(40)16-9-13(10-37-34-21(31-35-37)23(25,26)27)32-38(16)18-15(24)5-4-6-29-18/h4-9H,10H2,1-3H3,(H,30,40)(H,33,39). The number of alkyl halides is 3. The van der Waals surface area contributed by atoms with Gasteiger partial charge in [0.05, 0.1) is 29.1 Å². The monoisotopic (exact) mass is 718 g/mol. The van der Waals surface area contributed by atoms with Gasteiger partial charge in [-0.3, -0.25) is 15.0 Å². The Balaban J connectivity index is 1.72. The maximum absolute atomic E-state index is 13.6. The zero-order valence-electron chi connectivity index (χ0n) is 21.8. The van der Waals surface area contributed by atoms with Crippen LogP contribution < -0.4 is 10.7 Å². The highest BCUT2D eigenvalue weighted by Crippen LogP contribution is 2.27. The summed E-state index contributed by atoms with van der Waals surface area (Å²) in [6.07, 6.45) is -4.22. The minimum atomic E-state index is -4.80. The number of aromatic nitrogens is 7. The molecule has 3 amide bonds. The molecule has 0 aliphatic rings. The number of rotatable bonds is 6. The Morgan fingerprint density at radius 3 is 2.55 bits per heavy atom. The zero-order valence-corrected chi connectivity index (χ0v) is 24.7. The van der Waals surface area contributed by atoms with Gasteiger partial charge in [0.2, 0.25) is 0 Å². The van der Waals surface area contributed by atoms with Crippen molar-refractivity contribution in [2.75, 3.05) is 19.5 Å². The Labute approximate surface area is 253 Å². The van der Waals surface area contributed by atoms with Crippen LogP contribution in [0.5, 0.6) is 0 Å². The first-order chi connectivity index (χ1) is 19.8. The first-order valence-electron chi connectivity index (χ1n) is 11.6. The highest BCUT2D eigenvalue weighted by Gasteiger charge is 2.37. The number of hydrazine groups is 1. The molecule has 0 saturated carbocycles. The Morgan fingerprint density at radius 2 is 1.90 bits per heavy atom. The molecule has 0 bridgehead atoms. The average molecular weight is 719 g/mol. The van der Waals surface area contributed by atoms with Crippen molar-refractivity contribution < 1.29 is 32.3 Å². The second-order valence-electron chi connectivity index (χ2n) is 8.45. The normalized spacial score (nSPS) is 11.2. The van der Waals surface area contributed by atoms with Crippen molar-refractivity contribution in [3.63, 3.8) is 0 Å². The quantitative estimate of drug-likeness (QED) is 0.225. The number of carbonyl (C=O) groups excluding carboxylic acids is 3. The van der Waals surface area contributed by atoms with Gasteiger partial charge in [0.25, 0.3) is 17.6 Å². The molecule has 0 saturated heterocycles. The third-order valence-electron chi connectivity index (χ3n) is 5.44. The molecule has 4 rings (SSSR count). The van der Waals surface area contributed by atoms with Crippen LogP contribution in [-0.4, -0.2) is 72.0 Å². The van der Waals surface area contributed by atoms with Crippen LogP contribution in [0.25, 0.3) is 5.82 Å². The SMILES string of the molecule is COC(=O)N(C)NC(=O)c1cc(I)cc(C)c1NC(=O)c1cc(Cn2nnc(C(F)(F)F)n2)nn1-c1ncccc1Cl. The highest BCUT2D eigenvalue weighted by molar-refractivity contribution is 14.1. The molecule has 0 aliphatic carbocycles. The first kappa shape index (κ1) is 30.6. The number of aryl methyl sites for hydroxylation is 1. The van der Waals surface area contributed by atoms with E-state index < -0.39 is 29.9 Å². The number of amides is 3. The fourth-order valence-corrected chi connectivity index (χ4v) is 4.57. The Kier molecular flexibility index (Phi) is 8.95. The lowest BCUT2D eigenvalue weighted by molar-refractivity contribution is -0.145. The van der Waals surface area contributed by atoms with E-state index in [0.717, 1.165) is 16.8 Å². The summed E-state index contributed by atoms with van der Waals surface area (Å²) in [5, 5.41) is 17.6. The van der Waals surface area contributed by atoms with Gasteiger partial charge in [0, 0.05) is 16.8 Å². The third kappa shape index (κ3) is 6.75. The minimum Gasteiger partial charge on any atom is -0.452 e. The van der Waals surface area contributed by atoms with Gasteiger partial charge in [-0.1, -0.05) is 11.6 Å². The minimum absolute atomic E-state index is 0.0251. The molecule has 14 nitrogen and oxygen atoms in total. The van der Waals surface area contributed by atoms with Crippen LogP contribution in [0, 0.1) is 10.5 Å². The van der Waals surface area contributed by atoms with Crippen molar-refractivity contribution in [1.29, 1.82) is 0 Å². The van der Waals surface area contributed by atoms with Crippen LogP contribution >= 0.6 is 34.2 Å². The van der Waals surface area contributed by atoms with Crippen LogP contribution in [0.3, 0.4) is 0 Å². The molecule has 220 valence electrons. The van der Waals surface area contributed by atoms with Crippen LogP contribution in [0.2, 0.25) is 5.02 Å². The highest BCUT2D eigenvalue weighted by atomic mass is 127. The molecular weight excluding hydrogens is 700 g/mol. The van der Waals surface area contributed by atoms with E-state index in [0.29, 0.717) is 13.9 Å². The number of pyridine rings is 1. The number of benzene rings is 1. The van der Waals surface area contributed by atoms with Gasteiger partial charge in [-0.25, -0.2) is 19.5 Å². The van der Waals surface area contributed by atoms with Crippen LogP contribution in [0.1, 0.15) is 37.9 Å². The number of hydrogen-bond acceptors (Lipinski definition) is 9. The average Bonchev–Trinajstić information content (AvgIpc) is 3.57. The number of hydrogen-bond donors (Lipinski definition) is 2. The number of ether oxygens (including phenoxy) is 1. The van der Waals surface area contributed by atoms with Crippen molar-refractivity contribution in [1.82, 2.24) is 45.4 Å². The third-order valence-corrected chi connectivity index (χ3v) is 6.36. The van der Waals surface area contributed by atoms with Crippen LogP contribution in [-0.2, 0) is 17.5 Å². The zero-order chi connectivity index (χ0) is 30.8. The van der Waals surface area contributed by atoms with Gasteiger partial charge in [-0.2, -0.15) is 23.1 Å². The van der Waals surface area contributed by atoms with E-state index in [1.54, 1.807) is 19.1 Å². The fraction of sp³-hybridized carbons (Fsp3) is 0.217. The van der Waals surface area contributed by atoms with Crippen LogP contribution in [0.4, 0.5) is 23.7 Å². The Bertz CT molecular complexity index is 1680. The summed E-state index contributed by atoms with van der Waals surface area (Å²) in [6.45, 7) is 1.28. The van der Waals surface area contributed by atoms with Crippen molar-refractivity contribution in [3.8, 4) is 5.82 Å². The lowest BCUT2D eigenvalue weighted by atomic mass is 10.1. The molecule has 0 fully saturated rings. The van der Waals surface area contributed by atoms with Gasteiger partial charge < -0.3 is 10.1 Å². The van der Waals surface area contributed by atoms with E-state index in [-0.39, 0.29) is 40.0 Å². The molecule has 2 N–H and O–H groups in total.